The lowest BCUT2D eigenvalue weighted by molar-refractivity contribution is 0.473. The van der Waals surface area contributed by atoms with E-state index in [2.05, 4.69) is 5.32 Å². The van der Waals surface area contributed by atoms with Gasteiger partial charge in [0.25, 0.3) is 0 Å². The number of halogens is 2. The van der Waals surface area contributed by atoms with Gasteiger partial charge < -0.3 is 10.4 Å². The lowest BCUT2D eigenvalue weighted by Crippen LogP contribution is -2.13. The summed E-state index contributed by atoms with van der Waals surface area (Å²) in [4.78, 5) is 0. The molecule has 0 bridgehead atoms. The third kappa shape index (κ3) is 2.28. The van der Waals surface area contributed by atoms with E-state index in [-0.39, 0.29) is 12.0 Å². The second kappa shape index (κ2) is 5.28. The first-order valence-corrected chi connectivity index (χ1v) is 7.30. The van der Waals surface area contributed by atoms with Gasteiger partial charge in [-0.1, -0.05) is 35.3 Å². The Morgan fingerprint density at radius 3 is 2.55 bits per heavy atom. The van der Waals surface area contributed by atoms with Crippen molar-refractivity contribution in [2.45, 2.75) is 18.4 Å². The summed E-state index contributed by atoms with van der Waals surface area (Å²) in [7, 11) is 1.94. The summed E-state index contributed by atoms with van der Waals surface area (Å²) >= 11 is 12.1. The maximum atomic E-state index is 9.68. The average Bonchev–Trinajstić information content (AvgIpc) is 2.79. The van der Waals surface area contributed by atoms with Crippen LogP contribution < -0.4 is 5.32 Å². The van der Waals surface area contributed by atoms with E-state index in [1.165, 1.54) is 5.56 Å². The van der Waals surface area contributed by atoms with Gasteiger partial charge >= 0.3 is 0 Å². The fourth-order valence-corrected chi connectivity index (χ4v) is 3.30. The van der Waals surface area contributed by atoms with E-state index >= 15 is 0 Å². The lowest BCUT2D eigenvalue weighted by atomic mass is 9.93. The van der Waals surface area contributed by atoms with Gasteiger partial charge in [0, 0.05) is 12.0 Å². The van der Waals surface area contributed by atoms with Crippen LogP contribution in [0, 0.1) is 0 Å². The second-order valence-corrected chi connectivity index (χ2v) is 5.93. The van der Waals surface area contributed by atoms with Gasteiger partial charge in [0.1, 0.15) is 5.75 Å². The SMILES string of the molecule is CN[C@H]1C[C@@H](c2ccc(Cl)c(Cl)c2)c2ccc(O)cc21. The molecular weight excluding hydrogens is 293 g/mol. The zero-order valence-electron chi connectivity index (χ0n) is 11.0. The number of phenolic OH excluding ortho intramolecular Hbond substituents is 1. The quantitative estimate of drug-likeness (QED) is 0.856. The molecule has 0 amide bonds. The molecule has 0 radical (unpaired) electrons. The first kappa shape index (κ1) is 13.7. The van der Waals surface area contributed by atoms with Crippen LogP contribution in [0.4, 0.5) is 0 Å². The fourth-order valence-electron chi connectivity index (χ4n) is 2.99. The number of benzene rings is 2. The smallest absolute Gasteiger partial charge is 0.115 e. The van der Waals surface area contributed by atoms with E-state index in [1.54, 1.807) is 6.07 Å². The minimum Gasteiger partial charge on any atom is -0.508 e. The zero-order chi connectivity index (χ0) is 14.3. The number of nitrogens with one attached hydrogen (secondary N) is 1. The van der Waals surface area contributed by atoms with E-state index < -0.39 is 0 Å². The Labute approximate surface area is 128 Å². The lowest BCUT2D eigenvalue weighted by Gasteiger charge is -2.13. The van der Waals surface area contributed by atoms with Crippen molar-refractivity contribution in [3.05, 3.63) is 63.1 Å². The Morgan fingerprint density at radius 2 is 1.85 bits per heavy atom. The van der Waals surface area contributed by atoms with Gasteiger partial charge in [-0.25, -0.2) is 0 Å². The molecule has 0 aromatic heterocycles. The van der Waals surface area contributed by atoms with E-state index in [9.17, 15) is 5.11 Å². The molecule has 2 aromatic rings. The van der Waals surface area contributed by atoms with E-state index in [0.29, 0.717) is 15.8 Å². The molecule has 1 aliphatic rings. The molecule has 0 heterocycles. The van der Waals surface area contributed by atoms with Crippen LogP contribution in [0.3, 0.4) is 0 Å². The Kier molecular flexibility index (Phi) is 3.63. The zero-order valence-corrected chi connectivity index (χ0v) is 12.5. The van der Waals surface area contributed by atoms with Gasteiger partial charge in [-0.3, -0.25) is 0 Å². The molecule has 20 heavy (non-hydrogen) atoms. The molecule has 0 saturated carbocycles. The number of rotatable bonds is 2. The molecule has 0 unspecified atom stereocenters. The summed E-state index contributed by atoms with van der Waals surface area (Å²) in [5.74, 6) is 0.580. The highest BCUT2D eigenvalue weighted by atomic mass is 35.5. The summed E-state index contributed by atoms with van der Waals surface area (Å²) < 4.78 is 0. The van der Waals surface area contributed by atoms with Crippen LogP contribution in [0.5, 0.6) is 5.75 Å². The fraction of sp³-hybridized carbons (Fsp3) is 0.250. The van der Waals surface area contributed by atoms with E-state index in [1.807, 2.05) is 37.4 Å². The van der Waals surface area contributed by atoms with Crippen LogP contribution in [0.25, 0.3) is 0 Å². The first-order valence-electron chi connectivity index (χ1n) is 6.55. The van der Waals surface area contributed by atoms with Gasteiger partial charge in [0.15, 0.2) is 0 Å². The summed E-state index contributed by atoms with van der Waals surface area (Å²) in [5.41, 5.74) is 3.55. The molecule has 0 spiro atoms. The Bertz CT molecular complexity index is 657. The van der Waals surface area contributed by atoms with Crippen LogP contribution in [0.2, 0.25) is 10.0 Å². The highest BCUT2D eigenvalue weighted by Crippen LogP contribution is 2.45. The van der Waals surface area contributed by atoms with Crippen LogP contribution in [0.1, 0.15) is 35.1 Å². The van der Waals surface area contributed by atoms with E-state index in [0.717, 1.165) is 17.5 Å². The molecule has 0 aliphatic heterocycles. The topological polar surface area (TPSA) is 32.3 Å². The summed E-state index contributed by atoms with van der Waals surface area (Å²) in [5, 5.41) is 14.1. The number of hydrogen-bond donors (Lipinski definition) is 2. The minimum atomic E-state index is 0.247. The molecule has 0 saturated heterocycles. The van der Waals surface area contributed by atoms with Gasteiger partial charge in [-0.2, -0.15) is 0 Å². The number of hydrogen-bond acceptors (Lipinski definition) is 2. The molecule has 104 valence electrons. The maximum Gasteiger partial charge on any atom is 0.115 e. The summed E-state index contributed by atoms with van der Waals surface area (Å²) in [6.07, 6.45) is 0.952. The highest BCUT2D eigenvalue weighted by molar-refractivity contribution is 6.42. The largest absolute Gasteiger partial charge is 0.508 e. The average molecular weight is 308 g/mol. The van der Waals surface area contributed by atoms with Crippen molar-refractivity contribution in [1.82, 2.24) is 5.32 Å². The highest BCUT2D eigenvalue weighted by Gasteiger charge is 2.31. The summed E-state index contributed by atoms with van der Waals surface area (Å²) in [6.45, 7) is 0. The Morgan fingerprint density at radius 1 is 1.05 bits per heavy atom. The van der Waals surface area contributed by atoms with Crippen molar-refractivity contribution in [1.29, 1.82) is 0 Å². The van der Waals surface area contributed by atoms with Gasteiger partial charge in [0.2, 0.25) is 0 Å². The van der Waals surface area contributed by atoms with Crippen molar-refractivity contribution < 1.29 is 5.11 Å². The van der Waals surface area contributed by atoms with Crippen molar-refractivity contribution in [3.63, 3.8) is 0 Å². The Balaban J connectivity index is 2.06. The third-order valence-corrected chi connectivity index (χ3v) is 4.73. The van der Waals surface area contributed by atoms with Crippen LogP contribution in [0.15, 0.2) is 36.4 Å². The predicted octanol–water partition coefficient (Wildman–Crippen LogP) is 4.50. The van der Waals surface area contributed by atoms with Crippen LogP contribution >= 0.6 is 23.2 Å². The molecule has 1 aliphatic carbocycles. The van der Waals surface area contributed by atoms with Gasteiger partial charge in [-0.15, -0.1) is 0 Å². The third-order valence-electron chi connectivity index (χ3n) is 3.99. The monoisotopic (exact) mass is 307 g/mol. The van der Waals surface area contributed by atoms with Gasteiger partial charge in [-0.05, 0) is 54.4 Å². The standard InChI is InChI=1S/C16H15Cl2NO/c1-19-16-8-12(9-2-5-14(17)15(18)6-9)11-4-3-10(20)7-13(11)16/h2-7,12,16,19-20H,8H2,1H3/t12-,16-/m0/s1. The predicted molar refractivity (Wildman–Crippen MR) is 82.8 cm³/mol. The molecule has 2 N–H and O–H groups in total. The molecule has 2 aromatic carbocycles. The van der Waals surface area contributed by atoms with Crippen molar-refractivity contribution in [2.75, 3.05) is 7.05 Å². The summed E-state index contributed by atoms with van der Waals surface area (Å²) in [6, 6.07) is 11.6. The normalized spacial score (nSPS) is 20.9. The van der Waals surface area contributed by atoms with E-state index in [4.69, 9.17) is 23.2 Å². The molecule has 3 rings (SSSR count). The maximum absolute atomic E-state index is 9.68. The second-order valence-electron chi connectivity index (χ2n) is 5.12. The number of fused-ring (bicyclic) bond motifs is 1. The van der Waals surface area contributed by atoms with Crippen LogP contribution in [-0.4, -0.2) is 12.2 Å². The van der Waals surface area contributed by atoms with Gasteiger partial charge in [0.05, 0.1) is 10.0 Å². The molecule has 0 fully saturated rings. The number of aromatic hydroxyl groups is 1. The molecule has 4 heteroatoms. The van der Waals surface area contributed by atoms with Crippen molar-refractivity contribution in [2.24, 2.45) is 0 Å². The molecular formula is C16H15Cl2NO. The first-order chi connectivity index (χ1) is 9.60. The number of phenols is 1. The minimum absolute atomic E-state index is 0.247. The Hall–Kier alpha value is -1.22. The van der Waals surface area contributed by atoms with Crippen LogP contribution in [-0.2, 0) is 0 Å². The van der Waals surface area contributed by atoms with Crippen molar-refractivity contribution in [3.8, 4) is 5.75 Å². The molecule has 2 nitrogen and oxygen atoms in total. The molecule has 2 atom stereocenters. The van der Waals surface area contributed by atoms with Crippen molar-refractivity contribution >= 4 is 23.2 Å².